The molecule has 1 unspecified atom stereocenters. The molecule has 88 valence electrons. The van der Waals surface area contributed by atoms with Crippen LogP contribution in [0.3, 0.4) is 0 Å². The Labute approximate surface area is 92.4 Å². The molecule has 1 saturated carbocycles. The van der Waals surface area contributed by atoms with E-state index in [0.717, 1.165) is 25.9 Å². The molecular formula is C11H22N2O2. The quantitative estimate of drug-likeness (QED) is 0.749. The third-order valence-corrected chi connectivity index (χ3v) is 3.04. The third kappa shape index (κ3) is 2.92. The van der Waals surface area contributed by atoms with Crippen LogP contribution in [-0.4, -0.2) is 48.7 Å². The van der Waals surface area contributed by atoms with Gasteiger partial charge in [-0.25, -0.2) is 0 Å². The van der Waals surface area contributed by atoms with Crippen LogP contribution in [0.4, 0.5) is 0 Å². The molecule has 0 spiro atoms. The van der Waals surface area contributed by atoms with Gasteiger partial charge in [0.25, 0.3) is 5.91 Å². The van der Waals surface area contributed by atoms with Crippen molar-refractivity contribution < 1.29 is 11.0 Å². The maximum Gasteiger partial charge on any atom is 0.250 e. The lowest BCUT2D eigenvalue weighted by Gasteiger charge is -2.34. The highest BCUT2D eigenvalue weighted by molar-refractivity contribution is 5.81. The highest BCUT2D eigenvalue weighted by Crippen LogP contribution is 2.19. The number of nitrogens with zero attached hydrogens (tertiary/aromatic N) is 1. The van der Waals surface area contributed by atoms with Gasteiger partial charge in [-0.3, -0.25) is 9.69 Å². The first-order valence-electron chi connectivity index (χ1n) is 5.83. The Morgan fingerprint density at radius 3 is 2.87 bits per heavy atom. The van der Waals surface area contributed by atoms with Crippen molar-refractivity contribution in [3.63, 3.8) is 0 Å². The fourth-order valence-corrected chi connectivity index (χ4v) is 1.82. The molecule has 15 heavy (non-hydrogen) atoms. The topological polar surface area (TPSA) is 41.6 Å². The number of rotatable bonds is 3. The SMILES string of the molecule is CC(C)N1CCOC(C(=O)NC2CC2)C1.[HH]. The summed E-state index contributed by atoms with van der Waals surface area (Å²) in [5.41, 5.74) is 0. The van der Waals surface area contributed by atoms with E-state index in [2.05, 4.69) is 24.1 Å². The van der Waals surface area contributed by atoms with Crippen LogP contribution in [0.5, 0.6) is 0 Å². The zero-order chi connectivity index (χ0) is 10.8. The first kappa shape index (κ1) is 10.9. The Bertz CT molecular complexity index is 244. The molecule has 0 radical (unpaired) electrons. The summed E-state index contributed by atoms with van der Waals surface area (Å²) in [5.74, 6) is 0.0721. The predicted octanol–water partition coefficient (Wildman–Crippen LogP) is 0.620. The van der Waals surface area contributed by atoms with Crippen LogP contribution in [-0.2, 0) is 9.53 Å². The second-order valence-corrected chi connectivity index (χ2v) is 4.73. The van der Waals surface area contributed by atoms with Crippen molar-refractivity contribution in [3.8, 4) is 0 Å². The van der Waals surface area contributed by atoms with Gasteiger partial charge in [-0.2, -0.15) is 0 Å². The summed E-state index contributed by atoms with van der Waals surface area (Å²) in [6, 6.07) is 0.917. The molecule has 2 fully saturated rings. The second kappa shape index (κ2) is 4.49. The van der Waals surface area contributed by atoms with Gasteiger partial charge < -0.3 is 10.1 Å². The zero-order valence-corrected chi connectivity index (χ0v) is 9.53. The minimum atomic E-state index is -0.262. The van der Waals surface area contributed by atoms with Crippen molar-refractivity contribution in [3.05, 3.63) is 0 Å². The Morgan fingerprint density at radius 2 is 2.27 bits per heavy atom. The molecule has 4 nitrogen and oxygen atoms in total. The van der Waals surface area contributed by atoms with E-state index in [1.54, 1.807) is 0 Å². The third-order valence-electron chi connectivity index (χ3n) is 3.04. The molecule has 0 aromatic carbocycles. The lowest BCUT2D eigenvalue weighted by Crippen LogP contribution is -2.52. The predicted molar refractivity (Wildman–Crippen MR) is 59.7 cm³/mol. The number of amides is 1. The van der Waals surface area contributed by atoms with Gasteiger partial charge in [0.15, 0.2) is 0 Å². The Morgan fingerprint density at radius 1 is 1.53 bits per heavy atom. The summed E-state index contributed by atoms with van der Waals surface area (Å²) in [5, 5.41) is 2.99. The zero-order valence-electron chi connectivity index (χ0n) is 9.53. The van der Waals surface area contributed by atoms with E-state index in [9.17, 15) is 4.79 Å². The molecule has 4 heteroatoms. The standard InChI is InChI=1S/C11H20N2O2.H2/c1-8(2)13-5-6-15-10(7-13)11(14)12-9-3-4-9;/h8-10H,3-7H2,1-2H3,(H,12,14);1H. The van der Waals surface area contributed by atoms with Crippen molar-refractivity contribution in [2.45, 2.75) is 44.9 Å². The van der Waals surface area contributed by atoms with Gasteiger partial charge in [0, 0.05) is 26.6 Å². The van der Waals surface area contributed by atoms with E-state index in [0.29, 0.717) is 18.7 Å². The van der Waals surface area contributed by atoms with E-state index in [1.807, 2.05) is 0 Å². The van der Waals surface area contributed by atoms with Gasteiger partial charge in [0.2, 0.25) is 0 Å². The molecule has 2 aliphatic rings. The van der Waals surface area contributed by atoms with Crippen molar-refractivity contribution >= 4 is 5.91 Å². The fourth-order valence-electron chi connectivity index (χ4n) is 1.82. The summed E-state index contributed by atoms with van der Waals surface area (Å²) in [4.78, 5) is 14.0. The molecule has 1 saturated heterocycles. The van der Waals surface area contributed by atoms with Crippen LogP contribution in [0.2, 0.25) is 0 Å². The molecule has 0 aromatic rings. The van der Waals surface area contributed by atoms with E-state index in [4.69, 9.17) is 4.74 Å². The van der Waals surface area contributed by atoms with E-state index >= 15 is 0 Å². The van der Waals surface area contributed by atoms with Crippen LogP contribution in [0.15, 0.2) is 0 Å². The average Bonchev–Trinajstić information content (AvgIpc) is 3.02. The fraction of sp³-hybridized carbons (Fsp3) is 0.909. The molecule has 1 N–H and O–H groups in total. The van der Waals surface area contributed by atoms with Crippen LogP contribution < -0.4 is 5.32 Å². The number of carbonyl (C=O) groups excluding carboxylic acids is 1. The minimum Gasteiger partial charge on any atom is -0.366 e. The van der Waals surface area contributed by atoms with E-state index in [1.165, 1.54) is 0 Å². The Balaban J connectivity index is 0.00000128. The maximum atomic E-state index is 11.8. The van der Waals surface area contributed by atoms with Gasteiger partial charge in [0.05, 0.1) is 6.61 Å². The largest absolute Gasteiger partial charge is 0.366 e. The summed E-state index contributed by atoms with van der Waals surface area (Å²) >= 11 is 0. The van der Waals surface area contributed by atoms with Gasteiger partial charge in [-0.1, -0.05) is 0 Å². The molecule has 0 aromatic heterocycles. The van der Waals surface area contributed by atoms with Gasteiger partial charge in [-0.15, -0.1) is 0 Å². The first-order valence-corrected chi connectivity index (χ1v) is 5.83. The lowest BCUT2D eigenvalue weighted by atomic mass is 10.2. The average molecular weight is 214 g/mol. The number of nitrogens with one attached hydrogen (secondary N) is 1. The smallest absolute Gasteiger partial charge is 0.250 e. The second-order valence-electron chi connectivity index (χ2n) is 4.73. The summed E-state index contributed by atoms with van der Waals surface area (Å²) in [6.45, 7) is 6.64. The normalized spacial score (nSPS) is 28.1. The molecule has 2 rings (SSSR count). The van der Waals surface area contributed by atoms with Gasteiger partial charge in [-0.05, 0) is 26.7 Å². The molecule has 1 amide bonds. The number of carbonyl (C=O) groups is 1. The number of hydrogen-bond acceptors (Lipinski definition) is 3. The maximum absolute atomic E-state index is 11.8. The summed E-state index contributed by atoms with van der Waals surface area (Å²) in [6.07, 6.45) is 2.00. The van der Waals surface area contributed by atoms with Crippen molar-refractivity contribution in [2.75, 3.05) is 19.7 Å². The Kier molecular flexibility index (Phi) is 3.26. The van der Waals surface area contributed by atoms with Crippen LogP contribution in [0.25, 0.3) is 0 Å². The number of hydrogen-bond donors (Lipinski definition) is 1. The minimum absolute atomic E-state index is 0. The van der Waals surface area contributed by atoms with Crippen LogP contribution in [0, 0.1) is 0 Å². The van der Waals surface area contributed by atoms with E-state index < -0.39 is 0 Å². The first-order chi connectivity index (χ1) is 7.16. The van der Waals surface area contributed by atoms with E-state index in [-0.39, 0.29) is 13.4 Å². The van der Waals surface area contributed by atoms with Gasteiger partial charge in [0.1, 0.15) is 6.10 Å². The monoisotopic (exact) mass is 214 g/mol. The van der Waals surface area contributed by atoms with Crippen molar-refractivity contribution in [1.29, 1.82) is 0 Å². The van der Waals surface area contributed by atoms with Crippen molar-refractivity contribution in [1.82, 2.24) is 10.2 Å². The number of ether oxygens (including phenoxy) is 1. The molecule has 1 heterocycles. The molecule has 1 aliphatic carbocycles. The number of morpholine rings is 1. The van der Waals surface area contributed by atoms with Crippen molar-refractivity contribution in [2.24, 2.45) is 0 Å². The van der Waals surface area contributed by atoms with Crippen LogP contribution >= 0.6 is 0 Å². The highest BCUT2D eigenvalue weighted by atomic mass is 16.5. The lowest BCUT2D eigenvalue weighted by molar-refractivity contribution is -0.139. The molecule has 1 atom stereocenters. The Hall–Kier alpha value is -0.610. The molecule has 0 bridgehead atoms. The molecular weight excluding hydrogens is 192 g/mol. The van der Waals surface area contributed by atoms with Gasteiger partial charge >= 0.3 is 0 Å². The summed E-state index contributed by atoms with van der Waals surface area (Å²) in [7, 11) is 0. The summed E-state index contributed by atoms with van der Waals surface area (Å²) < 4.78 is 5.50. The van der Waals surface area contributed by atoms with Crippen LogP contribution in [0.1, 0.15) is 28.1 Å². The molecule has 1 aliphatic heterocycles. The highest BCUT2D eigenvalue weighted by Gasteiger charge is 2.31.